The quantitative estimate of drug-likeness (QED) is 0.659. The first-order chi connectivity index (χ1) is 6.40. The number of carbonyl (C=O) groups excluding carboxylic acids is 1. The van der Waals surface area contributed by atoms with Gasteiger partial charge in [-0.15, -0.1) is 0 Å². The van der Waals surface area contributed by atoms with Gasteiger partial charge in [-0.2, -0.15) is 0 Å². The fraction of sp³-hybridized carbons (Fsp3) is 0.778. The molecule has 3 N–H and O–H groups in total. The molecule has 0 saturated carbocycles. The molecule has 5 nitrogen and oxygen atoms in total. The van der Waals surface area contributed by atoms with Crippen LogP contribution in [0.15, 0.2) is 0 Å². The summed E-state index contributed by atoms with van der Waals surface area (Å²) in [4.78, 5) is 23.3. The molecule has 0 aliphatic heterocycles. The van der Waals surface area contributed by atoms with Crippen LogP contribution in [-0.2, 0) is 9.59 Å². The summed E-state index contributed by atoms with van der Waals surface area (Å²) in [6, 6.07) is -0.743. The molecular weight excluding hydrogens is 184 g/mol. The highest BCUT2D eigenvalue weighted by Crippen LogP contribution is 2.05. The molecule has 82 valence electrons. The summed E-state index contributed by atoms with van der Waals surface area (Å²) in [7, 11) is 0. The highest BCUT2D eigenvalue weighted by atomic mass is 16.4. The topological polar surface area (TPSA) is 83.6 Å². The Morgan fingerprint density at radius 3 is 2.21 bits per heavy atom. The third-order valence-electron chi connectivity index (χ3n) is 2.10. The van der Waals surface area contributed by atoms with E-state index in [1.54, 1.807) is 6.92 Å². The fourth-order valence-corrected chi connectivity index (χ4v) is 1.08. The van der Waals surface area contributed by atoms with E-state index in [9.17, 15) is 9.59 Å². The lowest BCUT2D eigenvalue weighted by Crippen LogP contribution is -2.48. The van der Waals surface area contributed by atoms with E-state index in [0.717, 1.165) is 0 Å². The van der Waals surface area contributed by atoms with Gasteiger partial charge in [0.2, 0.25) is 5.91 Å². The second-order valence-corrected chi connectivity index (χ2v) is 3.41. The molecule has 0 aliphatic rings. The number of rotatable bonds is 5. The highest BCUT2D eigenvalue weighted by Gasteiger charge is 2.23. The number of carbonyl (C=O) groups is 2. The number of amides is 1. The van der Waals surface area contributed by atoms with E-state index in [4.69, 9.17) is 10.8 Å². The number of hydrogen-bond donors (Lipinski definition) is 2. The molecule has 0 aromatic carbocycles. The lowest BCUT2D eigenvalue weighted by atomic mass is 10.2. The van der Waals surface area contributed by atoms with Gasteiger partial charge in [0.25, 0.3) is 0 Å². The summed E-state index contributed by atoms with van der Waals surface area (Å²) in [5.41, 5.74) is 5.42. The average Bonchev–Trinajstić information content (AvgIpc) is 2.11. The molecule has 0 aromatic rings. The van der Waals surface area contributed by atoms with Gasteiger partial charge in [0.05, 0.1) is 6.04 Å². The highest BCUT2D eigenvalue weighted by molar-refractivity contribution is 5.85. The second-order valence-electron chi connectivity index (χ2n) is 3.41. The predicted molar refractivity (Wildman–Crippen MR) is 52.8 cm³/mol. The molecule has 1 amide bonds. The van der Waals surface area contributed by atoms with Crippen molar-refractivity contribution in [2.75, 3.05) is 6.54 Å². The first-order valence-electron chi connectivity index (χ1n) is 4.68. The number of carboxylic acid groups (broad SMARTS) is 1. The van der Waals surface area contributed by atoms with Crippen molar-refractivity contribution in [3.05, 3.63) is 0 Å². The summed E-state index contributed by atoms with van der Waals surface area (Å²) in [6.07, 6.45) is 0.714. The molecule has 0 bridgehead atoms. The maximum atomic E-state index is 11.5. The number of hydrogen-bond acceptors (Lipinski definition) is 3. The Bertz CT molecular complexity index is 216. The van der Waals surface area contributed by atoms with Crippen molar-refractivity contribution in [1.29, 1.82) is 0 Å². The molecule has 2 atom stereocenters. The second kappa shape index (κ2) is 5.59. The summed E-state index contributed by atoms with van der Waals surface area (Å²) in [5, 5.41) is 8.62. The molecule has 0 aromatic heterocycles. The SMILES string of the molecule is CCC(C)N(CC(=O)O)C(=O)C(C)N. The molecule has 0 heterocycles. The Balaban J connectivity index is 4.54. The van der Waals surface area contributed by atoms with E-state index < -0.39 is 12.0 Å². The molecular formula is C9H18N2O3. The zero-order valence-electron chi connectivity index (χ0n) is 8.86. The zero-order chi connectivity index (χ0) is 11.3. The molecule has 0 saturated heterocycles. The van der Waals surface area contributed by atoms with Crippen molar-refractivity contribution in [3.63, 3.8) is 0 Å². The first kappa shape index (κ1) is 12.9. The summed E-state index contributed by atoms with van der Waals surface area (Å²) >= 11 is 0. The summed E-state index contributed by atoms with van der Waals surface area (Å²) in [6.45, 7) is 4.98. The molecule has 2 unspecified atom stereocenters. The van der Waals surface area contributed by atoms with Gasteiger partial charge >= 0.3 is 5.97 Å². The van der Waals surface area contributed by atoms with E-state index in [1.165, 1.54) is 4.90 Å². The number of nitrogens with zero attached hydrogens (tertiary/aromatic N) is 1. The lowest BCUT2D eigenvalue weighted by molar-refractivity contribution is -0.146. The van der Waals surface area contributed by atoms with Gasteiger partial charge in [0.1, 0.15) is 6.54 Å². The Kier molecular flexibility index (Phi) is 5.15. The molecule has 5 heteroatoms. The van der Waals surface area contributed by atoms with Crippen molar-refractivity contribution in [1.82, 2.24) is 4.90 Å². The van der Waals surface area contributed by atoms with Crippen molar-refractivity contribution in [2.45, 2.75) is 39.3 Å². The normalized spacial score (nSPS) is 14.6. The Morgan fingerprint density at radius 1 is 1.43 bits per heavy atom. The van der Waals surface area contributed by atoms with Crippen LogP contribution in [0.1, 0.15) is 27.2 Å². The minimum Gasteiger partial charge on any atom is -0.480 e. The van der Waals surface area contributed by atoms with E-state index in [1.807, 2.05) is 13.8 Å². The zero-order valence-corrected chi connectivity index (χ0v) is 8.86. The molecule has 0 rings (SSSR count). The maximum Gasteiger partial charge on any atom is 0.323 e. The van der Waals surface area contributed by atoms with Crippen molar-refractivity contribution in [2.24, 2.45) is 5.73 Å². The van der Waals surface area contributed by atoms with E-state index in [0.29, 0.717) is 6.42 Å². The van der Waals surface area contributed by atoms with Crippen LogP contribution in [0.2, 0.25) is 0 Å². The summed E-state index contributed by atoms with van der Waals surface area (Å²) < 4.78 is 0. The molecule has 0 radical (unpaired) electrons. The van der Waals surface area contributed by atoms with Gasteiger partial charge in [0, 0.05) is 6.04 Å². The fourth-order valence-electron chi connectivity index (χ4n) is 1.08. The van der Waals surface area contributed by atoms with Crippen LogP contribution in [0, 0.1) is 0 Å². The van der Waals surface area contributed by atoms with Gasteiger partial charge in [-0.3, -0.25) is 9.59 Å². The van der Waals surface area contributed by atoms with E-state index in [2.05, 4.69) is 0 Å². The van der Waals surface area contributed by atoms with Crippen LogP contribution < -0.4 is 5.73 Å². The number of carboxylic acids is 1. The van der Waals surface area contributed by atoms with Crippen LogP contribution in [0.3, 0.4) is 0 Å². The maximum absolute atomic E-state index is 11.5. The van der Waals surface area contributed by atoms with E-state index >= 15 is 0 Å². The molecule has 0 spiro atoms. The number of nitrogens with two attached hydrogens (primary N) is 1. The van der Waals surface area contributed by atoms with Gasteiger partial charge in [0.15, 0.2) is 0 Å². The largest absolute Gasteiger partial charge is 0.480 e. The van der Waals surface area contributed by atoms with Crippen LogP contribution in [0.25, 0.3) is 0 Å². The van der Waals surface area contributed by atoms with Gasteiger partial charge in [-0.1, -0.05) is 6.92 Å². The first-order valence-corrected chi connectivity index (χ1v) is 4.68. The third kappa shape index (κ3) is 3.74. The van der Waals surface area contributed by atoms with Crippen LogP contribution in [-0.4, -0.2) is 40.5 Å². The van der Waals surface area contributed by atoms with Crippen molar-refractivity contribution in [3.8, 4) is 0 Å². The Hall–Kier alpha value is -1.10. The lowest BCUT2D eigenvalue weighted by Gasteiger charge is -2.28. The van der Waals surface area contributed by atoms with Crippen molar-refractivity contribution >= 4 is 11.9 Å². The Morgan fingerprint density at radius 2 is 1.93 bits per heavy atom. The minimum absolute atomic E-state index is 0.0930. The van der Waals surface area contributed by atoms with Gasteiger partial charge < -0.3 is 15.7 Å². The Labute approximate surface area is 83.9 Å². The minimum atomic E-state index is -1.01. The van der Waals surface area contributed by atoms with Gasteiger partial charge in [-0.25, -0.2) is 0 Å². The summed E-state index contributed by atoms with van der Waals surface area (Å²) in [5.74, 6) is -1.33. The van der Waals surface area contributed by atoms with Crippen LogP contribution in [0.5, 0.6) is 0 Å². The van der Waals surface area contributed by atoms with E-state index in [-0.39, 0.29) is 18.5 Å². The van der Waals surface area contributed by atoms with Crippen molar-refractivity contribution < 1.29 is 14.7 Å². The average molecular weight is 202 g/mol. The van der Waals surface area contributed by atoms with Crippen LogP contribution >= 0.6 is 0 Å². The molecule has 0 aliphatic carbocycles. The standard InChI is InChI=1S/C9H18N2O3/c1-4-6(2)11(5-8(12)13)9(14)7(3)10/h6-7H,4-5,10H2,1-3H3,(H,12,13). The van der Waals surface area contributed by atoms with Gasteiger partial charge in [-0.05, 0) is 20.3 Å². The molecule has 0 fully saturated rings. The monoisotopic (exact) mass is 202 g/mol. The number of aliphatic carboxylic acids is 1. The van der Waals surface area contributed by atoms with Crippen LogP contribution in [0.4, 0.5) is 0 Å². The smallest absolute Gasteiger partial charge is 0.323 e. The third-order valence-corrected chi connectivity index (χ3v) is 2.10. The predicted octanol–water partition coefficient (Wildman–Crippen LogP) is 0.0453. The molecule has 14 heavy (non-hydrogen) atoms.